The molecule has 12 N–H and O–H groups in total. The number of benzene rings is 4. The van der Waals surface area contributed by atoms with Crippen molar-refractivity contribution >= 4 is 105 Å². The molecule has 33 nitrogen and oxygen atoms in total. The number of β-amino-alcohol motifs (C(OH)–C–C–N with tert-alkyl or cyclic N) is 4. The Balaban J connectivity index is 0.000000203. The number of likely N-dealkylation sites (tertiary alicyclic amines) is 4. The van der Waals surface area contributed by atoms with Gasteiger partial charge >= 0.3 is 0 Å². The summed E-state index contributed by atoms with van der Waals surface area (Å²) < 4.78 is 20.5. The Hall–Kier alpha value is -11.6. The minimum absolute atomic E-state index is 0.0382. The molecule has 13 rings (SSSR count). The lowest BCUT2D eigenvalue weighted by Gasteiger charge is -2.37. The first-order valence-electron chi connectivity index (χ1n) is 51.5. The zero-order chi connectivity index (χ0) is 110. The summed E-state index contributed by atoms with van der Waals surface area (Å²) >= 11 is 4.75. The van der Waals surface area contributed by atoms with Crippen LogP contribution in [0, 0.1) is 66.6 Å². The molecule has 8 heterocycles. The number of aromatic nitrogens is 4. The van der Waals surface area contributed by atoms with Crippen molar-refractivity contribution in [1.29, 1.82) is 0 Å². The van der Waals surface area contributed by atoms with E-state index in [1.165, 1.54) is 39.8 Å². The second-order valence-corrected chi connectivity index (χ2v) is 49.7. The van der Waals surface area contributed by atoms with Gasteiger partial charge in [0.2, 0.25) is 70.9 Å². The minimum atomic E-state index is -2.07. The molecule has 5 fully saturated rings. The van der Waals surface area contributed by atoms with Crippen LogP contribution < -0.4 is 42.5 Å². The number of aliphatic hydroxyl groups excluding tert-OH is 4. The maximum absolute atomic E-state index is 15.1. The van der Waals surface area contributed by atoms with Gasteiger partial charge in [0.25, 0.3) is 0 Å². The maximum atomic E-state index is 15.1. The first-order chi connectivity index (χ1) is 69.5. The molecule has 4 aromatic carbocycles. The van der Waals surface area contributed by atoms with Crippen LogP contribution in [0.2, 0.25) is 0 Å². The maximum Gasteiger partial charge on any atom is 0.249 e. The van der Waals surface area contributed by atoms with Crippen molar-refractivity contribution < 1.29 is 86.8 Å². The highest BCUT2D eigenvalue weighted by Gasteiger charge is 2.51. The molecule has 4 aliphatic heterocycles. The number of alkyl halides is 1. The fraction of sp³-hybridized carbons (Fsp3) is 0.571. The van der Waals surface area contributed by atoms with E-state index in [1.807, 2.05) is 267 Å². The van der Waals surface area contributed by atoms with Gasteiger partial charge in [0, 0.05) is 96.2 Å². The number of carbonyl (C=O) groups is 12. The first kappa shape index (κ1) is 119. The quantitative estimate of drug-likeness (QED) is 0.0192. The van der Waals surface area contributed by atoms with Crippen LogP contribution in [0.4, 0.5) is 4.39 Å². The van der Waals surface area contributed by atoms with Crippen molar-refractivity contribution in [3.63, 3.8) is 0 Å². The highest BCUT2D eigenvalue weighted by atomic mass is 32.1. The van der Waals surface area contributed by atoms with Crippen molar-refractivity contribution in [2.75, 3.05) is 26.2 Å². The summed E-state index contributed by atoms with van der Waals surface area (Å²) in [4.78, 5) is 183. The number of hydrogen-bond donors (Lipinski definition) is 12. The molecule has 12 amide bonds. The number of thiazole rings is 3. The van der Waals surface area contributed by atoms with Gasteiger partial charge in [-0.05, 0) is 146 Å². The number of aliphatic hydroxyl groups is 4. The summed E-state index contributed by atoms with van der Waals surface area (Å²) in [6, 6.07) is 23.6. The molecule has 149 heavy (non-hydrogen) atoms. The van der Waals surface area contributed by atoms with Crippen LogP contribution in [-0.2, 0) is 70.6 Å². The highest BCUT2D eigenvalue weighted by molar-refractivity contribution is 7.14. The number of oxazole rings is 1. The zero-order valence-electron chi connectivity index (χ0n) is 91.1. The summed E-state index contributed by atoms with van der Waals surface area (Å²) in [5.41, 5.74) is 13.3. The number of amides is 12. The summed E-state index contributed by atoms with van der Waals surface area (Å²) in [5.74, 6) is -3.52. The molecule has 37 heteroatoms. The number of nitrogens with zero attached hydrogens (tertiary/aromatic N) is 8. The molecule has 14 unspecified atom stereocenters. The van der Waals surface area contributed by atoms with E-state index in [2.05, 4.69) is 62.5 Å². The second-order valence-electron chi connectivity index (χ2n) is 47.1. The van der Waals surface area contributed by atoms with Crippen LogP contribution >= 0.6 is 34.0 Å². The van der Waals surface area contributed by atoms with Crippen LogP contribution in [0.3, 0.4) is 0 Å². The van der Waals surface area contributed by atoms with Crippen LogP contribution in [0.5, 0.6) is 0 Å². The van der Waals surface area contributed by atoms with Crippen LogP contribution in [-0.4, -0.2) is 235 Å². The van der Waals surface area contributed by atoms with Gasteiger partial charge in [-0.2, -0.15) is 0 Å². The summed E-state index contributed by atoms with van der Waals surface area (Å²) in [5, 5.41) is 64.4. The van der Waals surface area contributed by atoms with Crippen LogP contribution in [0.15, 0.2) is 124 Å². The molecule has 5 aliphatic rings. The Kier molecular flexibility index (Phi) is 40.8. The Morgan fingerprint density at radius 3 is 1.01 bits per heavy atom. The number of carbonyl (C=O) groups excluding carboxylic acids is 12. The fourth-order valence-corrected chi connectivity index (χ4v) is 21.1. The number of nitrogens with one attached hydrogen (secondary N) is 8. The van der Waals surface area contributed by atoms with E-state index >= 15 is 4.39 Å². The molecule has 4 aromatic heterocycles. The van der Waals surface area contributed by atoms with Crippen molar-refractivity contribution in [3.8, 4) is 42.6 Å². The molecule has 4 saturated heterocycles. The fourth-order valence-electron chi connectivity index (χ4n) is 18.7. The average Bonchev–Trinajstić information content (AvgIpc) is 1.67. The van der Waals surface area contributed by atoms with E-state index in [4.69, 9.17) is 4.42 Å². The van der Waals surface area contributed by atoms with E-state index in [0.717, 1.165) is 101 Å². The Morgan fingerprint density at radius 2 is 0.705 bits per heavy atom. The molecule has 0 radical (unpaired) electrons. The van der Waals surface area contributed by atoms with E-state index in [1.54, 1.807) is 39.5 Å². The number of hydrogen-bond acceptors (Lipinski definition) is 24. The largest absolute Gasteiger partial charge is 0.443 e. The topological polar surface area (TPSA) is 460 Å². The first-order valence-corrected chi connectivity index (χ1v) is 54.1. The van der Waals surface area contributed by atoms with Crippen molar-refractivity contribution in [2.24, 2.45) is 38.9 Å². The van der Waals surface area contributed by atoms with Crippen molar-refractivity contribution in [2.45, 2.75) is 347 Å². The Morgan fingerprint density at radius 1 is 0.389 bits per heavy atom. The van der Waals surface area contributed by atoms with Gasteiger partial charge < -0.3 is 87.0 Å². The zero-order valence-corrected chi connectivity index (χ0v) is 93.5. The van der Waals surface area contributed by atoms with E-state index in [-0.39, 0.29) is 176 Å². The molecule has 812 valence electrons. The third kappa shape index (κ3) is 34.2. The summed E-state index contributed by atoms with van der Waals surface area (Å²) in [6.45, 7) is 47.3. The number of aryl methyl sites for hydroxylation is 4. The summed E-state index contributed by atoms with van der Waals surface area (Å²) in [7, 11) is 0. The number of halogens is 1. The molecule has 8 aromatic rings. The lowest BCUT2D eigenvalue weighted by Crippen LogP contribution is -2.59. The monoisotopic (exact) mass is 2110 g/mol. The standard InChI is InChI=1S/C29H42N4O5.C29H40N4O4S.C27H37FN4O4S.C27H38N4O4S/c1-17(19-9-11-20(12-10-19)24-18(2)30-16-38-24)31-26(36)22-13-21(34)15-33(22)27(37)25(29(6,7)8)32-23(35)14-28(3,4)5;1-17(19-9-11-21(12-10-19)26-18(2)30-16-38-26)31-27(36)23-13-22(34)15-33(23)28(37)25(20-7-6-8-20)32-24(35)14-29(3,4)5;1-16-22(37-15-30-16)18-9-7-17(8-10-18)13-29-24(35)20-11-19(33)14-32(20)25(36)23(27(5,6)28)31-21(34)12-26(2,3)4;1-16(2)23(30-22(33)12-27(4,5)6)26(35)31-14-20(32)11-21(31)25(34)28-13-18-7-9-19(10-8-18)24-17(3)29-15-36-24/h9-12,16-17,21-22,25,34H,13-15H2,1-8H3,(H,31,36)(H,32,35);9-12,16-17,20,22-23,25,34H,6-8,13-15H2,1-5H3,(H,31,36)(H,32,35);7-10,15,19-20,23,33H,11-14H2,1-6H3,(H,29,35)(H,31,34);7-10,15-16,20-21,23,32H,11-14H2,1-6H3,(H,28,34)(H,30,33). The lowest BCUT2D eigenvalue weighted by atomic mass is 9.78. The van der Waals surface area contributed by atoms with Gasteiger partial charge in [0.05, 0.1) is 90.4 Å². The minimum Gasteiger partial charge on any atom is -0.443 e. The van der Waals surface area contributed by atoms with Crippen LogP contribution in [0.1, 0.15) is 273 Å². The van der Waals surface area contributed by atoms with Gasteiger partial charge in [-0.15, -0.1) is 34.0 Å². The smallest absolute Gasteiger partial charge is 0.249 e. The van der Waals surface area contributed by atoms with E-state index in [9.17, 15) is 78.0 Å². The Bertz CT molecular complexity index is 5920. The molecular formula is C112H157FN16O17S3. The lowest BCUT2D eigenvalue weighted by molar-refractivity contribution is -0.145. The van der Waals surface area contributed by atoms with Gasteiger partial charge in [-0.1, -0.05) is 221 Å². The van der Waals surface area contributed by atoms with Crippen molar-refractivity contribution in [1.82, 2.24) is 82.1 Å². The third-order valence-electron chi connectivity index (χ3n) is 26.7. The normalized spacial score (nSPS) is 19.8. The van der Waals surface area contributed by atoms with Gasteiger partial charge in [0.1, 0.15) is 54.0 Å². The molecule has 0 bridgehead atoms. The predicted molar refractivity (Wildman–Crippen MR) is 576 cm³/mol. The summed E-state index contributed by atoms with van der Waals surface area (Å²) in [6.07, 6.45) is 2.37. The molecule has 14 atom stereocenters. The van der Waals surface area contributed by atoms with E-state index in [0.29, 0.717) is 18.7 Å². The molecule has 1 aliphatic carbocycles. The predicted octanol–water partition coefficient (Wildman–Crippen LogP) is 14.4. The van der Waals surface area contributed by atoms with Crippen molar-refractivity contribution in [3.05, 3.63) is 165 Å². The molecule has 1 saturated carbocycles. The van der Waals surface area contributed by atoms with Gasteiger partial charge in [0.15, 0.2) is 12.2 Å². The molecular weight excluding hydrogens is 1960 g/mol. The highest BCUT2D eigenvalue weighted by Crippen LogP contribution is 2.38. The van der Waals surface area contributed by atoms with Crippen LogP contribution in [0.25, 0.3) is 42.6 Å². The van der Waals surface area contributed by atoms with Gasteiger partial charge in [-0.25, -0.2) is 24.3 Å². The Labute approximate surface area is 888 Å². The van der Waals surface area contributed by atoms with Gasteiger partial charge in [-0.3, -0.25) is 57.5 Å². The van der Waals surface area contributed by atoms with E-state index < -0.39 is 102 Å². The SMILES string of the molecule is Cc1ncoc1-c1ccc(C(C)NC(=O)C2CC(O)CN2C(=O)C(NC(=O)CC(C)(C)C)C(C)(C)C)cc1.Cc1ncsc1-c1ccc(C(C)NC(=O)C2CC(O)CN2C(=O)C(NC(=O)CC(C)(C)C)C2CCC2)cc1.Cc1ncsc1-c1ccc(CNC(=O)C2CC(O)CN2C(=O)C(NC(=O)CC(C)(C)C)C(C)(C)F)cc1.Cc1ncsc1-c1ccc(CNC(=O)C2CC(O)CN2C(=O)C(NC(=O)CC(C)(C)C)C(C)C)cc1. The average molecular weight is 2110 g/mol. The second kappa shape index (κ2) is 51.0. The number of rotatable bonds is 31. The third-order valence-corrected chi connectivity index (χ3v) is 29.7. The molecule has 0 spiro atoms.